The fourth-order valence-corrected chi connectivity index (χ4v) is 3.20. The van der Waals surface area contributed by atoms with Crippen molar-refractivity contribution in [2.75, 3.05) is 5.32 Å². The Balaban J connectivity index is 1.75. The van der Waals surface area contributed by atoms with Gasteiger partial charge >= 0.3 is 0 Å². The summed E-state index contributed by atoms with van der Waals surface area (Å²) in [7, 11) is 0. The number of nitrogens with one attached hydrogen (secondary N) is 1. The maximum atomic E-state index is 13.2. The Morgan fingerprint density at radius 1 is 0.960 bits per heavy atom. The van der Waals surface area contributed by atoms with Gasteiger partial charge in [0.2, 0.25) is 5.91 Å². The number of hydrogen-bond acceptors (Lipinski definition) is 2. The SMILES string of the molecule is O=C(Nc1ccc(F)cc1Cl)C1c2ccccc2Oc2ccccc21. The number of halogens is 2. The molecule has 4 rings (SSSR count). The van der Waals surface area contributed by atoms with Gasteiger partial charge in [0.1, 0.15) is 17.3 Å². The van der Waals surface area contributed by atoms with Gasteiger partial charge < -0.3 is 10.1 Å². The Labute approximate surface area is 149 Å². The lowest BCUT2D eigenvalue weighted by molar-refractivity contribution is -0.116. The summed E-state index contributed by atoms with van der Waals surface area (Å²) >= 11 is 6.03. The minimum atomic E-state index is -0.540. The van der Waals surface area contributed by atoms with Gasteiger partial charge in [0, 0.05) is 11.1 Å². The van der Waals surface area contributed by atoms with E-state index in [0.29, 0.717) is 17.2 Å². The van der Waals surface area contributed by atoms with Crippen LogP contribution in [0.1, 0.15) is 17.0 Å². The Bertz CT molecular complexity index is 928. The molecule has 0 saturated carbocycles. The number of amides is 1. The van der Waals surface area contributed by atoms with Crippen molar-refractivity contribution in [2.24, 2.45) is 0 Å². The van der Waals surface area contributed by atoms with Crippen LogP contribution in [0.4, 0.5) is 10.1 Å². The zero-order valence-electron chi connectivity index (χ0n) is 13.0. The number of hydrogen-bond donors (Lipinski definition) is 1. The molecule has 0 radical (unpaired) electrons. The van der Waals surface area contributed by atoms with Crippen LogP contribution in [0.15, 0.2) is 66.7 Å². The van der Waals surface area contributed by atoms with Crippen molar-refractivity contribution >= 4 is 23.2 Å². The number of fused-ring (bicyclic) bond motifs is 2. The summed E-state index contributed by atoms with van der Waals surface area (Å²) in [4.78, 5) is 13.0. The van der Waals surface area contributed by atoms with Gasteiger partial charge in [-0.2, -0.15) is 0 Å². The van der Waals surface area contributed by atoms with Gasteiger partial charge in [-0.3, -0.25) is 4.79 Å². The fraction of sp³-hybridized carbons (Fsp3) is 0.0500. The Hall–Kier alpha value is -2.85. The molecule has 1 aliphatic rings. The summed E-state index contributed by atoms with van der Waals surface area (Å²) in [6.45, 7) is 0. The second kappa shape index (κ2) is 6.22. The highest BCUT2D eigenvalue weighted by Crippen LogP contribution is 2.44. The molecule has 1 N–H and O–H groups in total. The van der Waals surface area contributed by atoms with Crippen molar-refractivity contribution in [2.45, 2.75) is 5.92 Å². The van der Waals surface area contributed by atoms with E-state index in [2.05, 4.69) is 5.32 Å². The van der Waals surface area contributed by atoms with Gasteiger partial charge in [-0.1, -0.05) is 48.0 Å². The Morgan fingerprint density at radius 2 is 1.56 bits per heavy atom. The molecule has 3 nitrogen and oxygen atoms in total. The summed E-state index contributed by atoms with van der Waals surface area (Å²) in [6.07, 6.45) is 0. The number of rotatable bonds is 2. The molecule has 0 atom stereocenters. The van der Waals surface area contributed by atoms with Crippen molar-refractivity contribution in [3.63, 3.8) is 0 Å². The van der Waals surface area contributed by atoms with Crippen molar-refractivity contribution in [3.05, 3.63) is 88.7 Å². The van der Waals surface area contributed by atoms with Gasteiger partial charge in [0.25, 0.3) is 0 Å². The molecule has 0 aliphatic carbocycles. The number of ether oxygens (including phenoxy) is 1. The van der Waals surface area contributed by atoms with Crippen LogP contribution in [-0.4, -0.2) is 5.91 Å². The highest BCUT2D eigenvalue weighted by molar-refractivity contribution is 6.33. The lowest BCUT2D eigenvalue weighted by atomic mass is 9.87. The fourth-order valence-electron chi connectivity index (χ4n) is 2.99. The smallest absolute Gasteiger partial charge is 0.236 e. The molecule has 0 fully saturated rings. The molecule has 5 heteroatoms. The molecule has 1 aliphatic heterocycles. The first-order chi connectivity index (χ1) is 12.1. The summed E-state index contributed by atoms with van der Waals surface area (Å²) in [5, 5.41) is 2.95. The van der Waals surface area contributed by atoms with Gasteiger partial charge in [-0.25, -0.2) is 4.39 Å². The highest BCUT2D eigenvalue weighted by Gasteiger charge is 2.32. The Morgan fingerprint density at radius 3 is 2.16 bits per heavy atom. The van der Waals surface area contributed by atoms with E-state index in [0.717, 1.165) is 11.1 Å². The first-order valence-electron chi connectivity index (χ1n) is 7.75. The first-order valence-corrected chi connectivity index (χ1v) is 8.13. The molecule has 1 amide bonds. The second-order valence-electron chi connectivity index (χ2n) is 5.72. The van der Waals surface area contributed by atoms with Crippen molar-refractivity contribution in [1.82, 2.24) is 0 Å². The van der Waals surface area contributed by atoms with E-state index in [1.54, 1.807) is 0 Å². The number of anilines is 1. The van der Waals surface area contributed by atoms with Crippen LogP contribution in [-0.2, 0) is 4.79 Å². The van der Waals surface area contributed by atoms with Crippen LogP contribution >= 0.6 is 11.6 Å². The van der Waals surface area contributed by atoms with Crippen LogP contribution in [0.2, 0.25) is 5.02 Å². The van der Waals surface area contributed by atoms with E-state index in [1.165, 1.54) is 18.2 Å². The third-order valence-corrected chi connectivity index (χ3v) is 4.44. The van der Waals surface area contributed by atoms with Crippen LogP contribution in [0.25, 0.3) is 0 Å². The molecule has 0 saturated heterocycles. The van der Waals surface area contributed by atoms with E-state index < -0.39 is 11.7 Å². The zero-order chi connectivity index (χ0) is 17.4. The molecule has 0 unspecified atom stereocenters. The van der Waals surface area contributed by atoms with Crippen LogP contribution in [0, 0.1) is 5.82 Å². The van der Waals surface area contributed by atoms with E-state index in [1.807, 2.05) is 48.5 Å². The van der Waals surface area contributed by atoms with E-state index in [-0.39, 0.29) is 10.9 Å². The second-order valence-corrected chi connectivity index (χ2v) is 6.13. The molecule has 25 heavy (non-hydrogen) atoms. The first kappa shape index (κ1) is 15.7. The predicted octanol–water partition coefficient (Wildman–Crippen LogP) is 5.36. The molecule has 3 aromatic rings. The van der Waals surface area contributed by atoms with Gasteiger partial charge in [0.15, 0.2) is 0 Å². The number of carbonyl (C=O) groups is 1. The van der Waals surface area contributed by atoms with E-state index in [4.69, 9.17) is 16.3 Å². The third-order valence-electron chi connectivity index (χ3n) is 4.13. The molecule has 3 aromatic carbocycles. The lowest BCUT2D eigenvalue weighted by Crippen LogP contribution is -2.25. The maximum absolute atomic E-state index is 13.2. The highest BCUT2D eigenvalue weighted by atomic mass is 35.5. The van der Waals surface area contributed by atoms with Crippen molar-refractivity contribution in [3.8, 4) is 11.5 Å². The maximum Gasteiger partial charge on any atom is 0.236 e. The largest absolute Gasteiger partial charge is 0.457 e. The standard InChI is InChI=1S/C20H13ClFNO2/c21-15-11-12(22)9-10-16(15)23-20(24)19-13-5-1-3-7-17(13)25-18-8-4-2-6-14(18)19/h1-11,19H,(H,23,24). The van der Waals surface area contributed by atoms with Crippen LogP contribution in [0.5, 0.6) is 11.5 Å². The molecule has 0 aromatic heterocycles. The molecular weight excluding hydrogens is 341 g/mol. The minimum Gasteiger partial charge on any atom is -0.457 e. The number of benzene rings is 3. The van der Waals surface area contributed by atoms with Crippen LogP contribution in [0.3, 0.4) is 0 Å². The van der Waals surface area contributed by atoms with E-state index >= 15 is 0 Å². The van der Waals surface area contributed by atoms with Crippen LogP contribution < -0.4 is 10.1 Å². The Kier molecular flexibility index (Phi) is 3.90. The molecule has 1 heterocycles. The lowest BCUT2D eigenvalue weighted by Gasteiger charge is -2.27. The molecule has 124 valence electrons. The average molecular weight is 354 g/mol. The quantitative estimate of drug-likeness (QED) is 0.674. The normalized spacial score (nSPS) is 12.7. The van der Waals surface area contributed by atoms with E-state index in [9.17, 15) is 9.18 Å². The monoisotopic (exact) mass is 353 g/mol. The third kappa shape index (κ3) is 2.85. The number of para-hydroxylation sites is 2. The molecule has 0 spiro atoms. The summed E-state index contributed by atoms with van der Waals surface area (Å²) in [5.41, 5.74) is 1.92. The summed E-state index contributed by atoms with van der Waals surface area (Å²) in [6, 6.07) is 18.7. The topological polar surface area (TPSA) is 38.3 Å². The van der Waals surface area contributed by atoms with Gasteiger partial charge in [-0.15, -0.1) is 0 Å². The average Bonchev–Trinajstić information content (AvgIpc) is 2.62. The van der Waals surface area contributed by atoms with Crippen molar-refractivity contribution < 1.29 is 13.9 Å². The zero-order valence-corrected chi connectivity index (χ0v) is 13.8. The van der Waals surface area contributed by atoms with Gasteiger partial charge in [-0.05, 0) is 30.3 Å². The predicted molar refractivity (Wildman–Crippen MR) is 94.8 cm³/mol. The van der Waals surface area contributed by atoms with Crippen molar-refractivity contribution in [1.29, 1.82) is 0 Å². The molecular formula is C20H13ClFNO2. The molecule has 0 bridgehead atoms. The van der Waals surface area contributed by atoms with Gasteiger partial charge in [0.05, 0.1) is 16.6 Å². The summed E-state index contributed by atoms with van der Waals surface area (Å²) < 4.78 is 19.1. The number of carbonyl (C=O) groups excluding carboxylic acids is 1. The minimum absolute atomic E-state index is 0.155. The summed E-state index contributed by atoms with van der Waals surface area (Å²) in [5.74, 6) is 0.0434.